The molecule has 2 N–H and O–H groups in total. The van der Waals surface area contributed by atoms with Gasteiger partial charge in [-0.2, -0.15) is 8.42 Å². The monoisotopic (exact) mass is 269 g/mol. The lowest BCUT2D eigenvalue weighted by Gasteiger charge is -2.12. The molecule has 98 valence electrons. The van der Waals surface area contributed by atoms with Crippen LogP contribution in [0.1, 0.15) is 13.8 Å². The molecule has 0 aromatic heterocycles. The molecule has 0 radical (unpaired) electrons. The summed E-state index contributed by atoms with van der Waals surface area (Å²) in [6.07, 6.45) is 0. The highest BCUT2D eigenvalue weighted by Gasteiger charge is 2.15. The fraction of sp³-hybridized carbons (Fsp3) is 0.250. The van der Waals surface area contributed by atoms with Crippen molar-refractivity contribution in [2.45, 2.75) is 18.7 Å². The molecule has 1 rings (SSSR count). The Bertz CT molecular complexity index is 577. The van der Waals surface area contributed by atoms with Gasteiger partial charge in [-0.25, -0.2) is 0 Å². The second-order valence-electron chi connectivity index (χ2n) is 4.06. The highest BCUT2D eigenvalue weighted by Crippen LogP contribution is 2.17. The quantitative estimate of drug-likeness (QED) is 0.647. The third-order valence-corrected chi connectivity index (χ3v) is 3.38. The van der Waals surface area contributed by atoms with Crippen LogP contribution in [-0.4, -0.2) is 18.9 Å². The van der Waals surface area contributed by atoms with E-state index in [0.29, 0.717) is 11.3 Å². The van der Waals surface area contributed by atoms with Crippen molar-refractivity contribution in [3.8, 4) is 0 Å². The van der Waals surface area contributed by atoms with Crippen molar-refractivity contribution in [2.75, 3.05) is 5.32 Å². The topological polar surface area (TPSA) is 83.5 Å². The fourth-order valence-electron chi connectivity index (χ4n) is 1.21. The SMILES string of the molecule is C=C(C)C(C)C(=O)Nc1cccc(S(=O)(=O)O)c1. The van der Waals surface area contributed by atoms with Crippen molar-refractivity contribution in [3.05, 3.63) is 36.4 Å². The van der Waals surface area contributed by atoms with Crippen molar-refractivity contribution in [1.82, 2.24) is 0 Å². The summed E-state index contributed by atoms with van der Waals surface area (Å²) in [4.78, 5) is 11.5. The van der Waals surface area contributed by atoms with E-state index in [4.69, 9.17) is 4.55 Å². The number of carbonyl (C=O) groups excluding carboxylic acids is 1. The molecule has 0 spiro atoms. The molecule has 1 aromatic carbocycles. The summed E-state index contributed by atoms with van der Waals surface area (Å²) in [6.45, 7) is 7.11. The summed E-state index contributed by atoms with van der Waals surface area (Å²) in [7, 11) is -4.27. The van der Waals surface area contributed by atoms with Crippen LogP contribution in [0.5, 0.6) is 0 Å². The molecule has 0 aliphatic carbocycles. The van der Waals surface area contributed by atoms with Crippen LogP contribution in [0.15, 0.2) is 41.3 Å². The second-order valence-corrected chi connectivity index (χ2v) is 5.48. The van der Waals surface area contributed by atoms with E-state index >= 15 is 0 Å². The maximum absolute atomic E-state index is 11.7. The van der Waals surface area contributed by atoms with Crippen LogP contribution < -0.4 is 5.32 Å². The van der Waals surface area contributed by atoms with Crippen LogP contribution >= 0.6 is 0 Å². The van der Waals surface area contributed by atoms with Crippen LogP contribution in [0.25, 0.3) is 0 Å². The smallest absolute Gasteiger partial charge is 0.294 e. The maximum Gasteiger partial charge on any atom is 0.294 e. The van der Waals surface area contributed by atoms with E-state index in [1.54, 1.807) is 13.8 Å². The van der Waals surface area contributed by atoms with E-state index in [2.05, 4.69) is 11.9 Å². The first-order chi connectivity index (χ1) is 8.21. The molecule has 0 heterocycles. The van der Waals surface area contributed by atoms with Gasteiger partial charge in [-0.1, -0.05) is 18.2 Å². The van der Waals surface area contributed by atoms with Crippen molar-refractivity contribution in [2.24, 2.45) is 5.92 Å². The van der Waals surface area contributed by atoms with Crippen LogP contribution in [0.2, 0.25) is 0 Å². The van der Waals surface area contributed by atoms with Gasteiger partial charge in [0.25, 0.3) is 10.1 Å². The van der Waals surface area contributed by atoms with E-state index in [9.17, 15) is 13.2 Å². The predicted octanol–water partition coefficient (Wildman–Crippen LogP) is 2.08. The molecular formula is C12H15NO4S. The van der Waals surface area contributed by atoms with Crippen molar-refractivity contribution >= 4 is 21.7 Å². The first-order valence-electron chi connectivity index (χ1n) is 5.25. The summed E-state index contributed by atoms with van der Waals surface area (Å²) >= 11 is 0. The van der Waals surface area contributed by atoms with Gasteiger partial charge < -0.3 is 5.32 Å². The molecule has 0 fully saturated rings. The van der Waals surface area contributed by atoms with E-state index in [1.165, 1.54) is 24.3 Å². The normalized spacial score (nSPS) is 12.8. The Morgan fingerprint density at radius 3 is 2.56 bits per heavy atom. The molecule has 0 aliphatic rings. The number of hydrogen-bond acceptors (Lipinski definition) is 3. The molecule has 1 amide bonds. The molecule has 0 bridgehead atoms. The minimum Gasteiger partial charge on any atom is -0.326 e. The van der Waals surface area contributed by atoms with E-state index < -0.39 is 10.1 Å². The average Bonchev–Trinajstić information content (AvgIpc) is 2.27. The zero-order valence-corrected chi connectivity index (χ0v) is 11.0. The molecule has 5 nitrogen and oxygen atoms in total. The number of carbonyl (C=O) groups is 1. The lowest BCUT2D eigenvalue weighted by Crippen LogP contribution is -2.21. The Labute approximate surface area is 106 Å². The second kappa shape index (κ2) is 5.32. The molecule has 18 heavy (non-hydrogen) atoms. The largest absolute Gasteiger partial charge is 0.326 e. The third kappa shape index (κ3) is 3.68. The highest BCUT2D eigenvalue weighted by atomic mass is 32.2. The molecule has 1 atom stereocenters. The lowest BCUT2D eigenvalue weighted by atomic mass is 10.0. The van der Waals surface area contributed by atoms with Gasteiger partial charge in [-0.05, 0) is 32.0 Å². The number of nitrogens with one attached hydrogen (secondary N) is 1. The Hall–Kier alpha value is -1.66. The van der Waals surface area contributed by atoms with Crippen LogP contribution in [0.3, 0.4) is 0 Å². The lowest BCUT2D eigenvalue weighted by molar-refractivity contribution is -0.118. The molecular weight excluding hydrogens is 254 g/mol. The number of amides is 1. The maximum atomic E-state index is 11.7. The minimum atomic E-state index is -4.27. The van der Waals surface area contributed by atoms with Crippen molar-refractivity contribution < 1.29 is 17.8 Å². The number of anilines is 1. The van der Waals surface area contributed by atoms with Gasteiger partial charge in [0.15, 0.2) is 0 Å². The van der Waals surface area contributed by atoms with Crippen LogP contribution in [0, 0.1) is 5.92 Å². The number of benzene rings is 1. The summed E-state index contributed by atoms with van der Waals surface area (Å²) in [5.41, 5.74) is 1.02. The molecule has 0 saturated heterocycles. The summed E-state index contributed by atoms with van der Waals surface area (Å²) in [5.74, 6) is -0.658. The molecule has 0 saturated carbocycles. The first-order valence-corrected chi connectivity index (χ1v) is 6.69. The van der Waals surface area contributed by atoms with E-state index in [-0.39, 0.29) is 16.7 Å². The first kappa shape index (κ1) is 14.4. The zero-order valence-electron chi connectivity index (χ0n) is 10.2. The van der Waals surface area contributed by atoms with Gasteiger partial charge in [0.05, 0.1) is 10.8 Å². The fourth-order valence-corrected chi connectivity index (χ4v) is 1.74. The third-order valence-electron chi connectivity index (χ3n) is 2.53. The minimum absolute atomic E-state index is 0.261. The van der Waals surface area contributed by atoms with Gasteiger partial charge in [0.2, 0.25) is 5.91 Å². The molecule has 6 heteroatoms. The van der Waals surface area contributed by atoms with Crippen LogP contribution in [0.4, 0.5) is 5.69 Å². The Balaban J connectivity index is 2.93. The molecule has 1 aromatic rings. The Morgan fingerprint density at radius 2 is 2.06 bits per heavy atom. The van der Waals surface area contributed by atoms with Gasteiger partial charge in [-0.3, -0.25) is 9.35 Å². The van der Waals surface area contributed by atoms with Gasteiger partial charge in [0, 0.05) is 5.69 Å². The predicted molar refractivity (Wildman–Crippen MR) is 68.9 cm³/mol. The summed E-state index contributed by atoms with van der Waals surface area (Å²) < 4.78 is 30.8. The van der Waals surface area contributed by atoms with Crippen molar-refractivity contribution in [3.63, 3.8) is 0 Å². The van der Waals surface area contributed by atoms with Crippen molar-refractivity contribution in [1.29, 1.82) is 0 Å². The average molecular weight is 269 g/mol. The summed E-state index contributed by atoms with van der Waals surface area (Å²) in [6, 6.07) is 5.41. The summed E-state index contributed by atoms with van der Waals surface area (Å²) in [5, 5.41) is 2.56. The zero-order chi connectivity index (χ0) is 13.9. The number of rotatable bonds is 4. The standard InChI is InChI=1S/C12H15NO4S/c1-8(2)9(3)12(14)13-10-5-4-6-11(7-10)18(15,16)17/h4-7,9H,1H2,2-3H3,(H,13,14)(H,15,16,17). The molecule has 0 aliphatic heterocycles. The van der Waals surface area contributed by atoms with E-state index in [1.807, 2.05) is 0 Å². The van der Waals surface area contributed by atoms with E-state index in [0.717, 1.165) is 0 Å². The molecule has 1 unspecified atom stereocenters. The van der Waals surface area contributed by atoms with Gasteiger partial charge in [0.1, 0.15) is 0 Å². The Kier molecular flexibility index (Phi) is 4.26. The Morgan fingerprint density at radius 1 is 1.44 bits per heavy atom. The van der Waals surface area contributed by atoms with Gasteiger partial charge >= 0.3 is 0 Å². The van der Waals surface area contributed by atoms with Crippen LogP contribution in [-0.2, 0) is 14.9 Å². The number of hydrogen-bond donors (Lipinski definition) is 2. The highest BCUT2D eigenvalue weighted by molar-refractivity contribution is 7.85. The van der Waals surface area contributed by atoms with Gasteiger partial charge in [-0.15, -0.1) is 0 Å².